The fourth-order valence-corrected chi connectivity index (χ4v) is 1.51. The highest BCUT2D eigenvalue weighted by Gasteiger charge is 2.09. The monoisotopic (exact) mass is 257 g/mol. The van der Waals surface area contributed by atoms with Crippen LogP contribution >= 0.6 is 15.9 Å². The molecule has 0 unspecified atom stereocenters. The SMILES string of the molecule is COC(=O)N(C)Cc1ccccc1Br. The lowest BCUT2D eigenvalue weighted by Crippen LogP contribution is -2.25. The fraction of sp³-hybridized carbons (Fsp3) is 0.300. The number of methoxy groups -OCH3 is 1. The van der Waals surface area contributed by atoms with Gasteiger partial charge in [-0.05, 0) is 11.6 Å². The van der Waals surface area contributed by atoms with Crippen LogP contribution in [0.5, 0.6) is 0 Å². The molecule has 1 aromatic rings. The number of carbonyl (C=O) groups is 1. The Labute approximate surface area is 91.8 Å². The number of hydrogen-bond donors (Lipinski definition) is 0. The van der Waals surface area contributed by atoms with Crippen LogP contribution in [0.3, 0.4) is 0 Å². The van der Waals surface area contributed by atoms with Crippen LogP contribution in [-0.4, -0.2) is 25.2 Å². The first kappa shape index (κ1) is 11.0. The lowest BCUT2D eigenvalue weighted by atomic mass is 10.2. The molecule has 76 valence electrons. The Kier molecular flexibility index (Phi) is 3.95. The molecule has 4 heteroatoms. The summed E-state index contributed by atoms with van der Waals surface area (Å²) >= 11 is 3.42. The average Bonchev–Trinajstić information content (AvgIpc) is 2.20. The number of benzene rings is 1. The minimum Gasteiger partial charge on any atom is -0.453 e. The molecule has 1 aromatic carbocycles. The van der Waals surface area contributed by atoms with Crippen molar-refractivity contribution in [1.29, 1.82) is 0 Å². The second-order valence-corrected chi connectivity index (χ2v) is 3.77. The standard InChI is InChI=1S/C10H12BrNO2/c1-12(10(13)14-2)7-8-5-3-4-6-9(8)11/h3-6H,7H2,1-2H3. The predicted octanol–water partition coefficient (Wildman–Crippen LogP) is 2.65. The van der Waals surface area contributed by atoms with Crippen molar-refractivity contribution in [3.05, 3.63) is 34.3 Å². The topological polar surface area (TPSA) is 29.5 Å². The zero-order chi connectivity index (χ0) is 10.6. The van der Waals surface area contributed by atoms with Crippen molar-refractivity contribution in [2.45, 2.75) is 6.54 Å². The molecular formula is C10H12BrNO2. The number of ether oxygens (including phenoxy) is 1. The number of amides is 1. The average molecular weight is 258 g/mol. The van der Waals surface area contributed by atoms with Crippen LogP contribution in [0.1, 0.15) is 5.56 Å². The number of carbonyl (C=O) groups excluding carboxylic acids is 1. The number of nitrogens with zero attached hydrogens (tertiary/aromatic N) is 1. The van der Waals surface area contributed by atoms with Gasteiger partial charge in [-0.3, -0.25) is 0 Å². The Morgan fingerprint density at radius 2 is 2.14 bits per heavy atom. The highest BCUT2D eigenvalue weighted by molar-refractivity contribution is 9.10. The van der Waals surface area contributed by atoms with Gasteiger partial charge in [0, 0.05) is 18.1 Å². The van der Waals surface area contributed by atoms with E-state index in [0.29, 0.717) is 6.54 Å². The molecule has 1 rings (SSSR count). The number of rotatable bonds is 2. The van der Waals surface area contributed by atoms with Crippen LogP contribution in [0, 0.1) is 0 Å². The Bertz CT molecular complexity index is 328. The Hall–Kier alpha value is -1.03. The molecule has 0 saturated heterocycles. The van der Waals surface area contributed by atoms with Crippen molar-refractivity contribution < 1.29 is 9.53 Å². The maximum Gasteiger partial charge on any atom is 0.409 e. The Balaban J connectivity index is 2.69. The van der Waals surface area contributed by atoms with Gasteiger partial charge in [0.05, 0.1) is 7.11 Å². The number of hydrogen-bond acceptors (Lipinski definition) is 2. The summed E-state index contributed by atoms with van der Waals surface area (Å²) in [5.74, 6) is 0. The van der Waals surface area contributed by atoms with Gasteiger partial charge in [-0.15, -0.1) is 0 Å². The van der Waals surface area contributed by atoms with Crippen LogP contribution in [-0.2, 0) is 11.3 Å². The van der Waals surface area contributed by atoms with Gasteiger partial charge in [0.15, 0.2) is 0 Å². The zero-order valence-electron chi connectivity index (χ0n) is 8.16. The van der Waals surface area contributed by atoms with E-state index in [0.717, 1.165) is 10.0 Å². The van der Waals surface area contributed by atoms with Gasteiger partial charge in [0.1, 0.15) is 0 Å². The molecule has 0 heterocycles. The van der Waals surface area contributed by atoms with E-state index in [9.17, 15) is 4.79 Å². The summed E-state index contributed by atoms with van der Waals surface area (Å²) in [4.78, 5) is 12.6. The van der Waals surface area contributed by atoms with Crippen molar-refractivity contribution in [2.75, 3.05) is 14.2 Å². The van der Waals surface area contributed by atoms with E-state index in [2.05, 4.69) is 20.7 Å². The van der Waals surface area contributed by atoms with E-state index >= 15 is 0 Å². The highest BCUT2D eigenvalue weighted by atomic mass is 79.9. The molecule has 0 fully saturated rings. The molecule has 14 heavy (non-hydrogen) atoms. The fourth-order valence-electron chi connectivity index (χ4n) is 1.10. The second-order valence-electron chi connectivity index (χ2n) is 2.92. The third-order valence-corrected chi connectivity index (χ3v) is 2.63. The minimum atomic E-state index is -0.333. The minimum absolute atomic E-state index is 0.333. The first-order chi connectivity index (χ1) is 6.65. The third-order valence-electron chi connectivity index (χ3n) is 1.85. The van der Waals surface area contributed by atoms with Gasteiger partial charge in [-0.1, -0.05) is 34.1 Å². The summed E-state index contributed by atoms with van der Waals surface area (Å²) in [5.41, 5.74) is 1.06. The summed E-state index contributed by atoms with van der Waals surface area (Å²) in [6.07, 6.45) is -0.333. The highest BCUT2D eigenvalue weighted by Crippen LogP contribution is 2.17. The van der Waals surface area contributed by atoms with Gasteiger partial charge >= 0.3 is 6.09 Å². The molecule has 0 radical (unpaired) electrons. The Morgan fingerprint density at radius 1 is 1.50 bits per heavy atom. The lowest BCUT2D eigenvalue weighted by molar-refractivity contribution is 0.131. The molecule has 0 saturated carbocycles. The number of halogens is 1. The smallest absolute Gasteiger partial charge is 0.409 e. The first-order valence-electron chi connectivity index (χ1n) is 4.17. The van der Waals surface area contributed by atoms with Gasteiger partial charge in [0.25, 0.3) is 0 Å². The van der Waals surface area contributed by atoms with E-state index < -0.39 is 0 Å². The van der Waals surface area contributed by atoms with Crippen molar-refractivity contribution in [3.63, 3.8) is 0 Å². The van der Waals surface area contributed by atoms with Crippen LogP contribution in [0.2, 0.25) is 0 Å². The quantitative estimate of drug-likeness (QED) is 0.816. The maximum absolute atomic E-state index is 11.1. The van der Waals surface area contributed by atoms with Crippen LogP contribution in [0.4, 0.5) is 4.79 Å². The van der Waals surface area contributed by atoms with E-state index in [1.807, 2.05) is 24.3 Å². The second kappa shape index (κ2) is 5.00. The van der Waals surface area contributed by atoms with E-state index in [4.69, 9.17) is 0 Å². The van der Waals surface area contributed by atoms with E-state index in [1.165, 1.54) is 12.0 Å². The summed E-state index contributed by atoms with van der Waals surface area (Å²) < 4.78 is 5.59. The summed E-state index contributed by atoms with van der Waals surface area (Å²) in [7, 11) is 3.07. The molecule has 0 N–H and O–H groups in total. The van der Waals surface area contributed by atoms with Crippen LogP contribution in [0.25, 0.3) is 0 Å². The van der Waals surface area contributed by atoms with Crippen LogP contribution in [0.15, 0.2) is 28.7 Å². The van der Waals surface area contributed by atoms with Crippen molar-refractivity contribution in [2.24, 2.45) is 0 Å². The molecule has 0 atom stereocenters. The molecule has 1 amide bonds. The van der Waals surface area contributed by atoms with Crippen molar-refractivity contribution >= 4 is 22.0 Å². The molecule has 0 spiro atoms. The summed E-state index contributed by atoms with van der Waals surface area (Å²) in [5, 5.41) is 0. The van der Waals surface area contributed by atoms with E-state index in [-0.39, 0.29) is 6.09 Å². The first-order valence-corrected chi connectivity index (χ1v) is 4.97. The maximum atomic E-state index is 11.1. The van der Waals surface area contributed by atoms with E-state index in [1.54, 1.807) is 7.05 Å². The molecule has 0 aromatic heterocycles. The van der Waals surface area contributed by atoms with Crippen molar-refractivity contribution in [1.82, 2.24) is 4.90 Å². The van der Waals surface area contributed by atoms with Gasteiger partial charge < -0.3 is 9.64 Å². The normalized spacial score (nSPS) is 9.64. The zero-order valence-corrected chi connectivity index (χ0v) is 9.74. The molecular weight excluding hydrogens is 246 g/mol. The summed E-state index contributed by atoms with van der Waals surface area (Å²) in [6.45, 7) is 0.536. The molecule has 0 aliphatic carbocycles. The molecule has 0 aliphatic rings. The predicted molar refractivity (Wildman–Crippen MR) is 58.0 cm³/mol. The van der Waals surface area contributed by atoms with Gasteiger partial charge in [0.2, 0.25) is 0 Å². The molecule has 0 aliphatic heterocycles. The van der Waals surface area contributed by atoms with Crippen molar-refractivity contribution in [3.8, 4) is 0 Å². The molecule has 3 nitrogen and oxygen atoms in total. The largest absolute Gasteiger partial charge is 0.453 e. The Morgan fingerprint density at radius 3 is 2.71 bits per heavy atom. The summed E-state index contributed by atoms with van der Waals surface area (Å²) in [6, 6.07) is 7.78. The lowest BCUT2D eigenvalue weighted by Gasteiger charge is -2.16. The molecule has 0 bridgehead atoms. The van der Waals surface area contributed by atoms with Crippen LogP contribution < -0.4 is 0 Å². The van der Waals surface area contributed by atoms with Gasteiger partial charge in [-0.2, -0.15) is 0 Å². The van der Waals surface area contributed by atoms with Gasteiger partial charge in [-0.25, -0.2) is 4.79 Å². The third kappa shape index (κ3) is 2.73.